The Bertz CT molecular complexity index is 714. The smallest absolute Gasteiger partial charge is 0.241 e. The van der Waals surface area contributed by atoms with Crippen molar-refractivity contribution in [2.45, 2.75) is 55.9 Å². The van der Waals surface area contributed by atoms with E-state index in [1.807, 2.05) is 12.1 Å². The van der Waals surface area contributed by atoms with Crippen molar-refractivity contribution < 1.29 is 12.8 Å². The van der Waals surface area contributed by atoms with Crippen molar-refractivity contribution in [2.24, 2.45) is 0 Å². The Morgan fingerprint density at radius 1 is 1.09 bits per heavy atom. The third-order valence-corrected chi connectivity index (χ3v) is 6.13. The van der Waals surface area contributed by atoms with Crippen LogP contribution in [-0.2, 0) is 10.0 Å². The monoisotopic (exact) mass is 333 g/mol. The van der Waals surface area contributed by atoms with Crippen LogP contribution in [0.25, 0.3) is 0 Å². The van der Waals surface area contributed by atoms with E-state index in [0.717, 1.165) is 0 Å². The highest BCUT2D eigenvalue weighted by Gasteiger charge is 2.21. The second-order valence-electron chi connectivity index (χ2n) is 6.26. The van der Waals surface area contributed by atoms with Crippen LogP contribution in [0.1, 0.15) is 62.3 Å². The Labute approximate surface area is 138 Å². The summed E-state index contributed by atoms with van der Waals surface area (Å²) < 4.78 is 32.8. The lowest BCUT2D eigenvalue weighted by Crippen LogP contribution is -2.26. The van der Waals surface area contributed by atoms with Crippen molar-refractivity contribution in [2.75, 3.05) is 0 Å². The van der Waals surface area contributed by atoms with Gasteiger partial charge in [-0.2, -0.15) is 0 Å². The molecule has 1 heterocycles. The van der Waals surface area contributed by atoms with Gasteiger partial charge in [-0.3, -0.25) is 0 Å². The molecule has 5 heteroatoms. The summed E-state index contributed by atoms with van der Waals surface area (Å²) in [4.78, 5) is 0.301. The maximum atomic E-state index is 12.5. The molecule has 1 N–H and O–H groups in total. The zero-order valence-electron chi connectivity index (χ0n) is 13.4. The van der Waals surface area contributed by atoms with Gasteiger partial charge >= 0.3 is 0 Å². The van der Waals surface area contributed by atoms with Gasteiger partial charge in [-0.25, -0.2) is 13.1 Å². The molecule has 1 aromatic heterocycles. The van der Waals surface area contributed by atoms with Crippen molar-refractivity contribution in [1.29, 1.82) is 0 Å². The first-order valence-corrected chi connectivity index (χ1v) is 9.70. The second-order valence-corrected chi connectivity index (χ2v) is 7.98. The molecular formula is C18H23NO3S. The fourth-order valence-electron chi connectivity index (χ4n) is 3.25. The van der Waals surface area contributed by atoms with Crippen LogP contribution in [0.3, 0.4) is 0 Å². The van der Waals surface area contributed by atoms with Crippen LogP contribution in [0.4, 0.5) is 0 Å². The molecule has 0 spiro atoms. The highest BCUT2D eigenvalue weighted by atomic mass is 32.2. The number of nitrogens with one attached hydrogen (secondary N) is 1. The van der Waals surface area contributed by atoms with Crippen LogP contribution in [0, 0.1) is 0 Å². The lowest BCUT2D eigenvalue weighted by atomic mass is 9.84. The summed E-state index contributed by atoms with van der Waals surface area (Å²) in [6.07, 6.45) is 7.82. The number of sulfonamides is 1. The van der Waals surface area contributed by atoms with E-state index >= 15 is 0 Å². The first-order chi connectivity index (χ1) is 11.1. The Morgan fingerprint density at radius 3 is 2.39 bits per heavy atom. The molecule has 4 nitrogen and oxygen atoms in total. The van der Waals surface area contributed by atoms with Crippen LogP contribution in [0.15, 0.2) is 52.0 Å². The van der Waals surface area contributed by atoms with E-state index in [0.29, 0.717) is 16.6 Å². The number of benzene rings is 1. The predicted octanol–water partition coefficient (Wildman–Crippen LogP) is 4.37. The van der Waals surface area contributed by atoms with Crippen LogP contribution in [0.2, 0.25) is 0 Å². The second kappa shape index (κ2) is 6.89. The Hall–Kier alpha value is -1.59. The van der Waals surface area contributed by atoms with E-state index < -0.39 is 16.1 Å². The van der Waals surface area contributed by atoms with Gasteiger partial charge in [0.05, 0.1) is 17.2 Å². The Morgan fingerprint density at radius 2 is 1.78 bits per heavy atom. The number of furan rings is 1. The third-order valence-electron chi connectivity index (χ3n) is 4.57. The number of hydrogen-bond acceptors (Lipinski definition) is 3. The highest BCUT2D eigenvalue weighted by molar-refractivity contribution is 7.89. The zero-order chi connectivity index (χ0) is 16.3. The van der Waals surface area contributed by atoms with Gasteiger partial charge in [0.15, 0.2) is 0 Å². The van der Waals surface area contributed by atoms with Crippen molar-refractivity contribution in [1.82, 2.24) is 4.72 Å². The average Bonchev–Trinajstić information content (AvgIpc) is 3.10. The zero-order valence-corrected chi connectivity index (χ0v) is 14.2. The molecule has 1 saturated carbocycles. The van der Waals surface area contributed by atoms with Crippen molar-refractivity contribution >= 4 is 10.0 Å². The summed E-state index contributed by atoms with van der Waals surface area (Å²) in [6, 6.07) is 10.5. The van der Waals surface area contributed by atoms with E-state index in [1.165, 1.54) is 37.7 Å². The van der Waals surface area contributed by atoms with Crippen LogP contribution < -0.4 is 4.72 Å². The molecule has 3 rings (SSSR count). The molecule has 1 aliphatic rings. The summed E-state index contributed by atoms with van der Waals surface area (Å²) in [5.74, 6) is 1.18. The molecule has 1 aromatic carbocycles. The van der Waals surface area contributed by atoms with E-state index in [4.69, 9.17) is 4.42 Å². The normalized spacial score (nSPS) is 18.0. The molecule has 1 aliphatic carbocycles. The minimum atomic E-state index is -3.54. The molecule has 0 aliphatic heterocycles. The number of hydrogen-bond donors (Lipinski definition) is 1. The molecule has 0 saturated heterocycles. The van der Waals surface area contributed by atoms with E-state index in [2.05, 4.69) is 4.72 Å². The minimum absolute atomic E-state index is 0.301. The topological polar surface area (TPSA) is 59.3 Å². The van der Waals surface area contributed by atoms with Crippen LogP contribution in [0.5, 0.6) is 0 Å². The molecule has 1 atom stereocenters. The Balaban J connectivity index is 1.72. The van der Waals surface area contributed by atoms with Gasteiger partial charge in [-0.1, -0.05) is 31.4 Å². The molecule has 124 valence electrons. The lowest BCUT2D eigenvalue weighted by Gasteiger charge is -2.22. The average molecular weight is 333 g/mol. The van der Waals surface area contributed by atoms with Gasteiger partial charge in [0.1, 0.15) is 5.76 Å². The SMILES string of the molecule is C[C@H](NS(=O)(=O)c1ccc(C2CCCCC2)cc1)c1ccco1. The molecule has 0 radical (unpaired) electrons. The van der Waals surface area contributed by atoms with Gasteiger partial charge in [-0.15, -0.1) is 0 Å². The summed E-state index contributed by atoms with van der Waals surface area (Å²) in [5, 5.41) is 0. The largest absolute Gasteiger partial charge is 0.468 e. The lowest BCUT2D eigenvalue weighted by molar-refractivity contribution is 0.443. The summed E-state index contributed by atoms with van der Waals surface area (Å²) in [5.41, 5.74) is 1.25. The first-order valence-electron chi connectivity index (χ1n) is 8.22. The van der Waals surface area contributed by atoms with Crippen molar-refractivity contribution in [3.63, 3.8) is 0 Å². The minimum Gasteiger partial charge on any atom is -0.468 e. The molecule has 0 amide bonds. The van der Waals surface area contributed by atoms with Crippen LogP contribution in [-0.4, -0.2) is 8.42 Å². The third kappa shape index (κ3) is 3.85. The first kappa shape index (κ1) is 16.3. The molecular weight excluding hydrogens is 310 g/mol. The van der Waals surface area contributed by atoms with Gasteiger partial charge in [0.25, 0.3) is 0 Å². The molecule has 0 unspecified atom stereocenters. The van der Waals surface area contributed by atoms with Gasteiger partial charge in [0, 0.05) is 0 Å². The fraction of sp³-hybridized carbons (Fsp3) is 0.444. The fourth-order valence-corrected chi connectivity index (χ4v) is 4.46. The van der Waals surface area contributed by atoms with Gasteiger partial charge in [-0.05, 0) is 55.5 Å². The van der Waals surface area contributed by atoms with E-state index in [1.54, 1.807) is 37.5 Å². The quantitative estimate of drug-likeness (QED) is 0.884. The number of rotatable bonds is 5. The van der Waals surface area contributed by atoms with Gasteiger partial charge < -0.3 is 4.42 Å². The molecule has 23 heavy (non-hydrogen) atoms. The van der Waals surface area contributed by atoms with Crippen molar-refractivity contribution in [3.8, 4) is 0 Å². The summed E-state index contributed by atoms with van der Waals surface area (Å²) in [7, 11) is -3.54. The summed E-state index contributed by atoms with van der Waals surface area (Å²) >= 11 is 0. The molecule has 0 bridgehead atoms. The molecule has 1 fully saturated rings. The maximum Gasteiger partial charge on any atom is 0.241 e. The summed E-state index contributed by atoms with van der Waals surface area (Å²) in [6.45, 7) is 1.77. The van der Waals surface area contributed by atoms with Gasteiger partial charge in [0.2, 0.25) is 10.0 Å². The van der Waals surface area contributed by atoms with Crippen LogP contribution >= 0.6 is 0 Å². The van der Waals surface area contributed by atoms with E-state index in [9.17, 15) is 8.42 Å². The van der Waals surface area contributed by atoms with Crippen molar-refractivity contribution in [3.05, 3.63) is 54.0 Å². The predicted molar refractivity (Wildman–Crippen MR) is 89.7 cm³/mol. The maximum absolute atomic E-state index is 12.5. The Kier molecular flexibility index (Phi) is 4.87. The standard InChI is InChI=1S/C18H23NO3S/c1-14(18-8-5-13-22-18)19-23(20,21)17-11-9-16(10-12-17)15-6-3-2-4-7-15/h5,8-15,19H,2-4,6-7H2,1H3/t14-/m0/s1. The molecule has 2 aromatic rings. The highest BCUT2D eigenvalue weighted by Crippen LogP contribution is 2.33. The van der Waals surface area contributed by atoms with E-state index in [-0.39, 0.29) is 0 Å².